The number of anilines is 2. The molecule has 5 rings (SSSR count). The van der Waals surface area contributed by atoms with E-state index >= 15 is 0 Å². The number of rotatable bonds is 4. The lowest BCUT2D eigenvalue weighted by Crippen LogP contribution is -2.46. The minimum absolute atomic E-state index is 0.839. The minimum atomic E-state index is 0.839. The predicted molar refractivity (Wildman–Crippen MR) is 115 cm³/mol. The summed E-state index contributed by atoms with van der Waals surface area (Å²) in [5.74, 6) is 1.74. The molecule has 8 nitrogen and oxygen atoms in total. The van der Waals surface area contributed by atoms with Crippen molar-refractivity contribution in [3.8, 4) is 17.0 Å². The second-order valence-corrected chi connectivity index (χ2v) is 7.98. The Bertz CT molecular complexity index is 1150. The van der Waals surface area contributed by atoms with Crippen LogP contribution in [0.15, 0.2) is 43.0 Å². The van der Waals surface area contributed by atoms with Crippen molar-refractivity contribution in [3.05, 3.63) is 43.0 Å². The highest BCUT2D eigenvalue weighted by Crippen LogP contribution is 2.32. The van der Waals surface area contributed by atoms with Crippen LogP contribution in [0, 0.1) is 0 Å². The third-order valence-electron chi connectivity index (χ3n) is 5.08. The Hall–Kier alpha value is -3.20. The number of aromatic nitrogens is 5. The highest BCUT2D eigenvalue weighted by Gasteiger charge is 2.21. The van der Waals surface area contributed by atoms with Crippen molar-refractivity contribution in [2.24, 2.45) is 7.05 Å². The van der Waals surface area contributed by atoms with Gasteiger partial charge in [-0.05, 0) is 12.1 Å². The Balaban J connectivity index is 1.30. The van der Waals surface area contributed by atoms with E-state index < -0.39 is 0 Å². The number of nitrogens with zero attached hydrogens (tertiary/aromatic N) is 7. The van der Waals surface area contributed by atoms with Crippen LogP contribution in [0.5, 0.6) is 5.75 Å². The molecule has 1 fully saturated rings. The van der Waals surface area contributed by atoms with Crippen molar-refractivity contribution in [2.45, 2.75) is 0 Å². The first-order valence-electron chi connectivity index (χ1n) is 9.45. The van der Waals surface area contributed by atoms with Gasteiger partial charge < -0.3 is 14.5 Å². The van der Waals surface area contributed by atoms with E-state index in [1.165, 1.54) is 4.70 Å². The summed E-state index contributed by atoms with van der Waals surface area (Å²) in [6.07, 6.45) is 7.38. The van der Waals surface area contributed by atoms with E-state index in [1.807, 2.05) is 37.8 Å². The number of methoxy groups -OCH3 is 1. The van der Waals surface area contributed by atoms with E-state index in [1.54, 1.807) is 29.3 Å². The molecule has 0 spiro atoms. The van der Waals surface area contributed by atoms with E-state index in [-0.39, 0.29) is 0 Å². The van der Waals surface area contributed by atoms with Crippen molar-refractivity contribution in [1.29, 1.82) is 0 Å². The maximum atomic E-state index is 5.31. The van der Waals surface area contributed by atoms with Gasteiger partial charge >= 0.3 is 0 Å². The Labute approximate surface area is 172 Å². The maximum absolute atomic E-state index is 5.31. The normalized spacial score (nSPS) is 14.6. The lowest BCUT2D eigenvalue weighted by atomic mass is 10.2. The van der Waals surface area contributed by atoms with Crippen molar-refractivity contribution in [2.75, 3.05) is 43.1 Å². The molecule has 1 aliphatic rings. The summed E-state index contributed by atoms with van der Waals surface area (Å²) in [4.78, 5) is 18.6. The number of piperazine rings is 1. The molecule has 0 amide bonds. The number of thiazole rings is 1. The summed E-state index contributed by atoms with van der Waals surface area (Å²) in [7, 11) is 3.58. The summed E-state index contributed by atoms with van der Waals surface area (Å²) in [6.45, 7) is 3.56. The second kappa shape index (κ2) is 7.32. The van der Waals surface area contributed by atoms with Crippen molar-refractivity contribution < 1.29 is 4.74 Å². The molecule has 3 aromatic heterocycles. The van der Waals surface area contributed by atoms with E-state index in [0.717, 1.165) is 59.7 Å². The lowest BCUT2D eigenvalue weighted by Gasteiger charge is -2.35. The van der Waals surface area contributed by atoms with Crippen LogP contribution in [0.25, 0.3) is 21.5 Å². The van der Waals surface area contributed by atoms with Crippen molar-refractivity contribution in [1.82, 2.24) is 24.7 Å². The van der Waals surface area contributed by atoms with Crippen LogP contribution in [0.4, 0.5) is 10.9 Å². The van der Waals surface area contributed by atoms with Gasteiger partial charge in [0.25, 0.3) is 0 Å². The predicted octanol–water partition coefficient (Wildman–Crippen LogP) is 2.82. The third kappa shape index (κ3) is 3.49. The van der Waals surface area contributed by atoms with Crippen LogP contribution in [-0.4, -0.2) is 58.0 Å². The average molecular weight is 408 g/mol. The number of ether oxygens (including phenoxy) is 1. The minimum Gasteiger partial charge on any atom is -0.497 e. The molecule has 0 bridgehead atoms. The Kier molecular flexibility index (Phi) is 4.51. The van der Waals surface area contributed by atoms with Gasteiger partial charge in [-0.3, -0.25) is 9.67 Å². The number of fused-ring (bicyclic) bond motifs is 1. The fourth-order valence-electron chi connectivity index (χ4n) is 3.48. The summed E-state index contributed by atoms with van der Waals surface area (Å²) in [5.41, 5.74) is 2.81. The van der Waals surface area contributed by atoms with Crippen molar-refractivity contribution in [3.63, 3.8) is 0 Å². The van der Waals surface area contributed by atoms with Crippen LogP contribution in [0.3, 0.4) is 0 Å². The van der Waals surface area contributed by atoms with Gasteiger partial charge in [-0.25, -0.2) is 9.97 Å². The van der Waals surface area contributed by atoms with Crippen LogP contribution >= 0.6 is 11.3 Å². The molecule has 0 N–H and O–H groups in total. The zero-order chi connectivity index (χ0) is 19.8. The first kappa shape index (κ1) is 17.9. The Morgan fingerprint density at radius 1 is 1.00 bits per heavy atom. The second-order valence-electron chi connectivity index (χ2n) is 6.97. The monoisotopic (exact) mass is 407 g/mol. The molecular weight excluding hydrogens is 386 g/mol. The van der Waals surface area contributed by atoms with E-state index in [0.29, 0.717) is 0 Å². The zero-order valence-corrected chi connectivity index (χ0v) is 17.1. The highest BCUT2D eigenvalue weighted by molar-refractivity contribution is 7.22. The summed E-state index contributed by atoms with van der Waals surface area (Å²) >= 11 is 1.73. The van der Waals surface area contributed by atoms with Gasteiger partial charge in [0, 0.05) is 51.1 Å². The molecular formula is C20H21N7OS. The largest absolute Gasteiger partial charge is 0.497 e. The first-order chi connectivity index (χ1) is 14.2. The van der Waals surface area contributed by atoms with Gasteiger partial charge in [0.15, 0.2) is 5.13 Å². The number of aryl methyl sites for hydroxylation is 1. The smallest absolute Gasteiger partial charge is 0.186 e. The summed E-state index contributed by atoms with van der Waals surface area (Å²) in [5, 5.41) is 5.28. The Morgan fingerprint density at radius 2 is 1.83 bits per heavy atom. The molecule has 0 unspecified atom stereocenters. The average Bonchev–Trinajstić information content (AvgIpc) is 3.39. The summed E-state index contributed by atoms with van der Waals surface area (Å²) in [6, 6.07) is 6.05. The van der Waals surface area contributed by atoms with Crippen LogP contribution in [0.2, 0.25) is 0 Å². The Morgan fingerprint density at radius 3 is 2.59 bits per heavy atom. The molecule has 0 atom stereocenters. The van der Waals surface area contributed by atoms with Crippen molar-refractivity contribution >= 4 is 32.5 Å². The molecule has 1 aliphatic heterocycles. The molecule has 0 saturated carbocycles. The number of hydrogen-bond acceptors (Lipinski definition) is 8. The molecule has 0 radical (unpaired) electrons. The molecule has 29 heavy (non-hydrogen) atoms. The van der Waals surface area contributed by atoms with E-state index in [2.05, 4.69) is 25.9 Å². The fraction of sp³-hybridized carbons (Fsp3) is 0.300. The van der Waals surface area contributed by atoms with Gasteiger partial charge in [-0.2, -0.15) is 5.10 Å². The summed E-state index contributed by atoms with van der Waals surface area (Å²) < 4.78 is 8.26. The molecule has 0 aliphatic carbocycles. The number of hydrogen-bond donors (Lipinski definition) is 0. The standard InChI is InChI=1S/C20H21N7OS/c1-25-13-14(10-22-25)17-11-21-12-19(23-17)26-5-7-27(8-6-26)20-24-16-9-15(28-2)3-4-18(16)29-20/h3-4,9-13H,5-8H2,1-2H3. The van der Waals surface area contributed by atoms with Gasteiger partial charge in [0.05, 0.1) is 41.6 Å². The maximum Gasteiger partial charge on any atom is 0.186 e. The van der Waals surface area contributed by atoms with Gasteiger partial charge in [-0.15, -0.1) is 0 Å². The fourth-order valence-corrected chi connectivity index (χ4v) is 4.48. The lowest BCUT2D eigenvalue weighted by molar-refractivity contribution is 0.415. The van der Waals surface area contributed by atoms with Crippen LogP contribution < -0.4 is 14.5 Å². The molecule has 9 heteroatoms. The molecule has 4 heterocycles. The van der Waals surface area contributed by atoms with E-state index in [4.69, 9.17) is 14.7 Å². The van der Waals surface area contributed by atoms with E-state index in [9.17, 15) is 0 Å². The van der Waals surface area contributed by atoms with Gasteiger partial charge in [-0.1, -0.05) is 11.3 Å². The van der Waals surface area contributed by atoms with Gasteiger partial charge in [0.1, 0.15) is 11.6 Å². The van der Waals surface area contributed by atoms with Crippen LogP contribution in [0.1, 0.15) is 0 Å². The highest BCUT2D eigenvalue weighted by atomic mass is 32.1. The molecule has 1 aromatic carbocycles. The SMILES string of the molecule is COc1ccc2sc(N3CCN(c4cncc(-c5cnn(C)c5)n4)CC3)nc2c1. The van der Waals surface area contributed by atoms with Gasteiger partial charge in [0.2, 0.25) is 0 Å². The molecule has 148 valence electrons. The van der Waals surface area contributed by atoms with Crippen LogP contribution in [-0.2, 0) is 7.05 Å². The number of benzene rings is 1. The quantitative estimate of drug-likeness (QED) is 0.515. The zero-order valence-electron chi connectivity index (χ0n) is 16.3. The first-order valence-corrected chi connectivity index (χ1v) is 10.3. The third-order valence-corrected chi connectivity index (χ3v) is 6.18. The topological polar surface area (TPSA) is 72.2 Å². The molecule has 1 saturated heterocycles. The molecule has 4 aromatic rings.